The maximum atomic E-state index is 11.6. The molecule has 2 atom stereocenters. The van der Waals surface area contributed by atoms with E-state index in [-0.39, 0.29) is 0 Å². The molecule has 0 heterocycles. The number of hydrogen-bond acceptors (Lipinski definition) is 3. The second-order valence-corrected chi connectivity index (χ2v) is 5.79. The van der Waals surface area contributed by atoms with E-state index in [2.05, 4.69) is 5.32 Å². The van der Waals surface area contributed by atoms with Crippen molar-refractivity contribution < 1.29 is 14.6 Å². The number of hydrogen-bond donors (Lipinski definition) is 2. The van der Waals surface area contributed by atoms with Gasteiger partial charge in [-0.05, 0) is 40.2 Å². The summed E-state index contributed by atoms with van der Waals surface area (Å²) < 4.78 is 5.15. The quantitative estimate of drug-likeness (QED) is 0.883. The number of carbonyl (C=O) groups is 1. The van der Waals surface area contributed by atoms with Crippen molar-refractivity contribution in [3.8, 4) is 0 Å². The Morgan fingerprint density at radius 2 is 1.79 bits per heavy atom. The maximum Gasteiger partial charge on any atom is 0.407 e. The van der Waals surface area contributed by atoms with E-state index in [0.29, 0.717) is 0 Å². The highest BCUT2D eigenvalue weighted by molar-refractivity contribution is 5.68. The summed E-state index contributed by atoms with van der Waals surface area (Å²) in [4.78, 5) is 11.6. The average molecular weight is 265 g/mol. The number of ether oxygens (including phenoxy) is 1. The molecule has 106 valence electrons. The van der Waals surface area contributed by atoms with Gasteiger partial charge in [-0.1, -0.05) is 29.8 Å². The molecule has 0 aromatic heterocycles. The molecule has 4 heteroatoms. The fourth-order valence-electron chi connectivity index (χ4n) is 1.62. The van der Waals surface area contributed by atoms with Crippen molar-refractivity contribution in [2.45, 2.75) is 52.4 Å². The van der Waals surface area contributed by atoms with E-state index in [9.17, 15) is 9.90 Å². The predicted octanol–water partition coefficient (Wildman–Crippen LogP) is 2.94. The third kappa shape index (κ3) is 5.30. The Morgan fingerprint density at radius 3 is 2.26 bits per heavy atom. The molecule has 0 aliphatic heterocycles. The Kier molecular flexibility index (Phi) is 4.95. The van der Waals surface area contributed by atoms with E-state index >= 15 is 0 Å². The first-order valence-electron chi connectivity index (χ1n) is 6.43. The van der Waals surface area contributed by atoms with Gasteiger partial charge < -0.3 is 15.2 Å². The lowest BCUT2D eigenvalue weighted by Gasteiger charge is -2.24. The van der Waals surface area contributed by atoms with Crippen LogP contribution in [0.3, 0.4) is 0 Å². The summed E-state index contributed by atoms with van der Waals surface area (Å²) in [5.74, 6) is 0. The Balaban J connectivity index is 2.60. The molecular weight excluding hydrogens is 242 g/mol. The second kappa shape index (κ2) is 6.06. The minimum Gasteiger partial charge on any atom is -0.444 e. The predicted molar refractivity (Wildman–Crippen MR) is 75.0 cm³/mol. The molecule has 0 unspecified atom stereocenters. The number of alkyl carbamates (subject to hydrolysis) is 1. The zero-order chi connectivity index (χ0) is 14.6. The van der Waals surface area contributed by atoms with Gasteiger partial charge in [0.2, 0.25) is 0 Å². The number of rotatable bonds is 3. The fraction of sp³-hybridized carbons (Fsp3) is 0.533. The van der Waals surface area contributed by atoms with E-state index in [1.807, 2.05) is 31.2 Å². The van der Waals surface area contributed by atoms with E-state index in [1.54, 1.807) is 27.7 Å². The summed E-state index contributed by atoms with van der Waals surface area (Å²) >= 11 is 0. The number of aliphatic hydroxyl groups excluding tert-OH is 1. The zero-order valence-electron chi connectivity index (χ0n) is 12.2. The van der Waals surface area contributed by atoms with Gasteiger partial charge in [0.05, 0.1) is 12.1 Å². The molecule has 19 heavy (non-hydrogen) atoms. The van der Waals surface area contributed by atoms with Gasteiger partial charge in [-0.3, -0.25) is 0 Å². The summed E-state index contributed by atoms with van der Waals surface area (Å²) in [6, 6.07) is 7.15. The summed E-state index contributed by atoms with van der Waals surface area (Å²) in [7, 11) is 0. The summed E-state index contributed by atoms with van der Waals surface area (Å²) in [6.45, 7) is 9.13. The third-order valence-corrected chi connectivity index (χ3v) is 2.64. The van der Waals surface area contributed by atoms with Crippen LogP contribution in [-0.4, -0.2) is 22.8 Å². The number of nitrogens with one attached hydrogen (secondary N) is 1. The first kappa shape index (κ1) is 15.5. The van der Waals surface area contributed by atoms with Gasteiger partial charge in [-0.2, -0.15) is 0 Å². The van der Waals surface area contributed by atoms with Crippen LogP contribution >= 0.6 is 0 Å². The molecule has 1 aromatic carbocycles. The number of aliphatic hydroxyl groups is 1. The monoisotopic (exact) mass is 265 g/mol. The normalized spacial score (nSPS) is 14.6. The molecule has 4 nitrogen and oxygen atoms in total. The van der Waals surface area contributed by atoms with Gasteiger partial charge in [0, 0.05) is 0 Å². The van der Waals surface area contributed by atoms with Crippen LogP contribution in [0.15, 0.2) is 24.3 Å². The highest BCUT2D eigenvalue weighted by Crippen LogP contribution is 2.17. The number of amides is 1. The Morgan fingerprint density at radius 1 is 1.26 bits per heavy atom. The molecule has 0 aliphatic rings. The van der Waals surface area contributed by atoms with Crippen molar-refractivity contribution in [3.05, 3.63) is 35.4 Å². The Labute approximate surface area is 114 Å². The largest absolute Gasteiger partial charge is 0.444 e. The lowest BCUT2D eigenvalue weighted by molar-refractivity contribution is 0.0436. The molecule has 0 radical (unpaired) electrons. The molecule has 0 aliphatic carbocycles. The lowest BCUT2D eigenvalue weighted by Crippen LogP contribution is -2.40. The highest BCUT2D eigenvalue weighted by Gasteiger charge is 2.22. The molecular formula is C15H23NO3. The van der Waals surface area contributed by atoms with Crippen molar-refractivity contribution in [2.24, 2.45) is 0 Å². The fourth-order valence-corrected chi connectivity index (χ4v) is 1.62. The van der Waals surface area contributed by atoms with E-state index in [4.69, 9.17) is 4.74 Å². The molecule has 0 fully saturated rings. The van der Waals surface area contributed by atoms with Crippen LogP contribution in [0.1, 0.15) is 44.9 Å². The summed E-state index contributed by atoms with van der Waals surface area (Å²) in [6.07, 6.45) is -1.28. The van der Waals surface area contributed by atoms with Gasteiger partial charge >= 0.3 is 6.09 Å². The maximum absolute atomic E-state index is 11.6. The Bertz CT molecular complexity index is 420. The lowest BCUT2D eigenvalue weighted by atomic mass is 10.0. The molecule has 0 bridgehead atoms. The van der Waals surface area contributed by atoms with Crippen LogP contribution in [0.5, 0.6) is 0 Å². The van der Waals surface area contributed by atoms with Crippen LogP contribution in [-0.2, 0) is 4.74 Å². The first-order valence-corrected chi connectivity index (χ1v) is 6.43. The minimum atomic E-state index is -0.756. The molecule has 1 aromatic rings. The number of carbonyl (C=O) groups excluding carboxylic acids is 1. The highest BCUT2D eigenvalue weighted by atomic mass is 16.6. The topological polar surface area (TPSA) is 58.6 Å². The second-order valence-electron chi connectivity index (χ2n) is 5.79. The summed E-state index contributed by atoms with van der Waals surface area (Å²) in [5.41, 5.74) is 1.36. The standard InChI is InChI=1S/C15H23NO3/c1-10-6-8-12(9-7-10)13(17)11(2)16-14(18)19-15(3,4)5/h6-9,11,13,17H,1-5H3,(H,16,18)/t11-,13-/m1/s1. The van der Waals surface area contributed by atoms with E-state index in [1.165, 1.54) is 0 Å². The zero-order valence-corrected chi connectivity index (χ0v) is 12.2. The molecule has 0 spiro atoms. The molecule has 1 amide bonds. The van der Waals surface area contributed by atoms with E-state index in [0.717, 1.165) is 11.1 Å². The molecule has 2 N–H and O–H groups in total. The third-order valence-electron chi connectivity index (χ3n) is 2.64. The van der Waals surface area contributed by atoms with Gasteiger partial charge in [-0.15, -0.1) is 0 Å². The summed E-state index contributed by atoms with van der Waals surface area (Å²) in [5, 5.41) is 12.8. The van der Waals surface area contributed by atoms with Gasteiger partial charge in [0.25, 0.3) is 0 Å². The SMILES string of the molecule is Cc1ccc([C@H](O)[C@@H](C)NC(=O)OC(C)(C)C)cc1. The molecule has 0 saturated carbocycles. The van der Waals surface area contributed by atoms with Crippen molar-refractivity contribution in [1.82, 2.24) is 5.32 Å². The van der Waals surface area contributed by atoms with Gasteiger partial charge in [-0.25, -0.2) is 4.79 Å². The van der Waals surface area contributed by atoms with Gasteiger partial charge in [0.15, 0.2) is 0 Å². The van der Waals surface area contributed by atoms with Crippen molar-refractivity contribution in [3.63, 3.8) is 0 Å². The molecule has 0 saturated heterocycles. The van der Waals surface area contributed by atoms with E-state index < -0.39 is 23.8 Å². The first-order chi connectivity index (χ1) is 8.69. The Hall–Kier alpha value is -1.55. The van der Waals surface area contributed by atoms with Crippen LogP contribution in [0, 0.1) is 6.92 Å². The van der Waals surface area contributed by atoms with Crippen molar-refractivity contribution >= 4 is 6.09 Å². The smallest absolute Gasteiger partial charge is 0.407 e. The molecule has 1 rings (SSSR count). The van der Waals surface area contributed by atoms with Crippen LogP contribution < -0.4 is 5.32 Å². The number of aryl methyl sites for hydroxylation is 1. The average Bonchev–Trinajstić information content (AvgIpc) is 2.26. The van der Waals surface area contributed by atoms with Crippen LogP contribution in [0.2, 0.25) is 0 Å². The van der Waals surface area contributed by atoms with Crippen molar-refractivity contribution in [1.29, 1.82) is 0 Å². The van der Waals surface area contributed by atoms with Gasteiger partial charge in [0.1, 0.15) is 5.60 Å². The minimum absolute atomic E-state index is 0.419. The van der Waals surface area contributed by atoms with Crippen LogP contribution in [0.25, 0.3) is 0 Å². The number of benzene rings is 1. The van der Waals surface area contributed by atoms with Crippen LogP contribution in [0.4, 0.5) is 4.79 Å². The van der Waals surface area contributed by atoms with Crippen molar-refractivity contribution in [2.75, 3.05) is 0 Å².